The molecular formula is C17H23N3O3. The summed E-state index contributed by atoms with van der Waals surface area (Å²) in [5.74, 6) is 0. The molecule has 1 unspecified atom stereocenters. The van der Waals surface area contributed by atoms with Crippen molar-refractivity contribution in [1.29, 1.82) is 0 Å². The molecule has 1 aliphatic rings. The zero-order chi connectivity index (χ0) is 16.8. The van der Waals surface area contributed by atoms with Crippen LogP contribution in [0.1, 0.15) is 38.8 Å². The third kappa shape index (κ3) is 3.11. The molecule has 1 atom stereocenters. The number of carbonyl (C=O) groups is 1. The fourth-order valence-corrected chi connectivity index (χ4v) is 3.04. The minimum atomic E-state index is -0.510. The zero-order valence-electron chi connectivity index (χ0n) is 14.0. The van der Waals surface area contributed by atoms with Gasteiger partial charge in [0, 0.05) is 13.1 Å². The number of rotatable bonds is 1. The van der Waals surface area contributed by atoms with Gasteiger partial charge in [0.2, 0.25) is 0 Å². The van der Waals surface area contributed by atoms with Gasteiger partial charge in [-0.25, -0.2) is 9.59 Å². The molecule has 1 aromatic heterocycles. The number of nitrogens with zero attached hydrogens (tertiary/aromatic N) is 2. The highest BCUT2D eigenvalue weighted by Crippen LogP contribution is 2.25. The van der Waals surface area contributed by atoms with Crippen LogP contribution < -0.4 is 5.69 Å². The van der Waals surface area contributed by atoms with Crippen LogP contribution in [0.4, 0.5) is 4.79 Å². The van der Waals surface area contributed by atoms with Crippen molar-refractivity contribution in [1.82, 2.24) is 14.5 Å². The second-order valence-electron chi connectivity index (χ2n) is 7.19. The van der Waals surface area contributed by atoms with Gasteiger partial charge in [0.05, 0.1) is 17.1 Å². The van der Waals surface area contributed by atoms with Crippen LogP contribution in [0.2, 0.25) is 0 Å². The number of nitrogens with one attached hydrogen (secondary N) is 1. The predicted octanol–water partition coefficient (Wildman–Crippen LogP) is 2.82. The van der Waals surface area contributed by atoms with E-state index in [2.05, 4.69) is 4.98 Å². The van der Waals surface area contributed by atoms with E-state index >= 15 is 0 Å². The number of imidazole rings is 1. The summed E-state index contributed by atoms with van der Waals surface area (Å²) in [4.78, 5) is 29.1. The molecule has 1 aliphatic heterocycles. The maximum atomic E-state index is 12.3. The Balaban J connectivity index is 1.85. The number of ether oxygens (including phenoxy) is 1. The molecule has 2 heterocycles. The fourth-order valence-electron chi connectivity index (χ4n) is 3.04. The van der Waals surface area contributed by atoms with Crippen molar-refractivity contribution in [2.45, 2.75) is 45.8 Å². The van der Waals surface area contributed by atoms with Crippen molar-refractivity contribution in [2.75, 3.05) is 13.1 Å². The lowest BCUT2D eigenvalue weighted by Gasteiger charge is -2.24. The Morgan fingerprint density at radius 2 is 2.09 bits per heavy atom. The minimum absolute atomic E-state index is 0.0226. The Morgan fingerprint density at radius 1 is 1.35 bits per heavy atom. The molecule has 6 heteroatoms. The first-order chi connectivity index (χ1) is 10.7. The first kappa shape index (κ1) is 15.6. The molecule has 0 aliphatic carbocycles. The molecule has 0 spiro atoms. The van der Waals surface area contributed by atoms with Crippen molar-refractivity contribution in [2.24, 2.45) is 0 Å². The summed E-state index contributed by atoms with van der Waals surface area (Å²) in [6.07, 6.45) is 0.434. The second kappa shape index (κ2) is 5.44. The highest BCUT2D eigenvalue weighted by Gasteiger charge is 2.32. The number of fused-ring (bicyclic) bond motifs is 1. The Kier molecular flexibility index (Phi) is 3.70. The highest BCUT2D eigenvalue weighted by molar-refractivity contribution is 5.76. The maximum Gasteiger partial charge on any atom is 0.410 e. The second-order valence-corrected chi connectivity index (χ2v) is 7.19. The van der Waals surface area contributed by atoms with E-state index in [0.29, 0.717) is 13.1 Å². The Bertz CT molecular complexity index is 797. The standard InChI is InChI=1S/C17H23N3O3/c1-11-5-6-13-14(9-11)20(15(21)18-13)12-7-8-19(10-12)16(22)23-17(2,3)4/h5-6,9,12H,7-8,10H2,1-4H3,(H,18,21). The van der Waals surface area contributed by atoms with Gasteiger partial charge < -0.3 is 14.6 Å². The number of hydrogen-bond acceptors (Lipinski definition) is 3. The van der Waals surface area contributed by atoms with Gasteiger partial charge in [-0.05, 0) is 51.8 Å². The van der Waals surface area contributed by atoms with E-state index in [1.54, 1.807) is 9.47 Å². The molecule has 0 radical (unpaired) electrons. The van der Waals surface area contributed by atoms with Crippen molar-refractivity contribution in [3.63, 3.8) is 0 Å². The minimum Gasteiger partial charge on any atom is -0.444 e. The average molecular weight is 317 g/mol. The SMILES string of the molecule is Cc1ccc2[nH]c(=O)n(C3CCN(C(=O)OC(C)(C)C)C3)c2c1. The number of amides is 1. The van der Waals surface area contributed by atoms with Crippen LogP contribution in [0.3, 0.4) is 0 Å². The highest BCUT2D eigenvalue weighted by atomic mass is 16.6. The van der Waals surface area contributed by atoms with Gasteiger partial charge in [0.15, 0.2) is 0 Å². The number of aromatic amines is 1. The van der Waals surface area contributed by atoms with Gasteiger partial charge in [0.1, 0.15) is 5.60 Å². The van der Waals surface area contributed by atoms with Gasteiger partial charge in [-0.3, -0.25) is 4.57 Å². The van der Waals surface area contributed by atoms with E-state index in [0.717, 1.165) is 23.0 Å². The number of aryl methyl sites for hydroxylation is 1. The summed E-state index contributed by atoms with van der Waals surface area (Å²) in [7, 11) is 0. The Labute approximate surface area is 135 Å². The summed E-state index contributed by atoms with van der Waals surface area (Å²) in [6, 6.07) is 5.88. The molecule has 6 nitrogen and oxygen atoms in total. The number of likely N-dealkylation sites (tertiary alicyclic amines) is 1. The molecule has 1 aromatic carbocycles. The normalized spacial score (nSPS) is 18.6. The lowest BCUT2D eigenvalue weighted by atomic mass is 10.2. The summed E-state index contributed by atoms with van der Waals surface area (Å²) in [6.45, 7) is 8.66. The van der Waals surface area contributed by atoms with E-state index in [1.807, 2.05) is 45.9 Å². The number of hydrogen-bond donors (Lipinski definition) is 1. The number of carbonyl (C=O) groups excluding carboxylic acids is 1. The number of aromatic nitrogens is 2. The van der Waals surface area contributed by atoms with Crippen molar-refractivity contribution >= 4 is 17.1 Å². The predicted molar refractivity (Wildman–Crippen MR) is 88.8 cm³/mol. The molecule has 2 aromatic rings. The quantitative estimate of drug-likeness (QED) is 0.879. The summed E-state index contributed by atoms with van der Waals surface area (Å²) in [5, 5.41) is 0. The molecular weight excluding hydrogens is 294 g/mol. The van der Waals surface area contributed by atoms with E-state index in [4.69, 9.17) is 4.74 Å². The fraction of sp³-hybridized carbons (Fsp3) is 0.529. The van der Waals surface area contributed by atoms with Gasteiger partial charge in [-0.2, -0.15) is 0 Å². The van der Waals surface area contributed by atoms with E-state index in [1.165, 1.54) is 0 Å². The third-order valence-corrected chi connectivity index (χ3v) is 4.05. The molecule has 1 fully saturated rings. The van der Waals surface area contributed by atoms with Crippen LogP contribution in [0, 0.1) is 6.92 Å². The van der Waals surface area contributed by atoms with Crippen LogP contribution in [0.5, 0.6) is 0 Å². The third-order valence-electron chi connectivity index (χ3n) is 4.05. The first-order valence-electron chi connectivity index (χ1n) is 7.93. The average Bonchev–Trinajstić information content (AvgIpc) is 3.00. The number of H-pyrrole nitrogens is 1. The van der Waals surface area contributed by atoms with E-state index in [9.17, 15) is 9.59 Å². The summed E-state index contributed by atoms with van der Waals surface area (Å²) < 4.78 is 7.19. The molecule has 1 saturated heterocycles. The van der Waals surface area contributed by atoms with Gasteiger partial charge >= 0.3 is 11.8 Å². The van der Waals surface area contributed by atoms with Gasteiger partial charge in [-0.15, -0.1) is 0 Å². The van der Waals surface area contributed by atoms with Crippen LogP contribution in [-0.2, 0) is 4.74 Å². The van der Waals surface area contributed by atoms with Crippen molar-refractivity contribution in [3.05, 3.63) is 34.2 Å². The van der Waals surface area contributed by atoms with Crippen LogP contribution in [0.25, 0.3) is 11.0 Å². The maximum absolute atomic E-state index is 12.3. The first-order valence-corrected chi connectivity index (χ1v) is 7.93. The molecule has 1 N–H and O–H groups in total. The molecule has 3 rings (SSSR count). The van der Waals surface area contributed by atoms with E-state index in [-0.39, 0.29) is 17.8 Å². The van der Waals surface area contributed by atoms with Crippen molar-refractivity contribution in [3.8, 4) is 0 Å². The number of benzene rings is 1. The topological polar surface area (TPSA) is 67.3 Å². The molecule has 124 valence electrons. The van der Waals surface area contributed by atoms with Gasteiger partial charge in [0.25, 0.3) is 0 Å². The summed E-state index contributed by atoms with van der Waals surface area (Å²) in [5.41, 5.74) is 2.19. The summed E-state index contributed by atoms with van der Waals surface area (Å²) >= 11 is 0. The molecule has 1 amide bonds. The van der Waals surface area contributed by atoms with E-state index < -0.39 is 5.60 Å². The van der Waals surface area contributed by atoms with Crippen LogP contribution >= 0.6 is 0 Å². The lowest BCUT2D eigenvalue weighted by molar-refractivity contribution is 0.0289. The zero-order valence-corrected chi connectivity index (χ0v) is 14.0. The van der Waals surface area contributed by atoms with Crippen LogP contribution in [-0.4, -0.2) is 39.2 Å². The van der Waals surface area contributed by atoms with Crippen molar-refractivity contribution < 1.29 is 9.53 Å². The largest absolute Gasteiger partial charge is 0.444 e. The Morgan fingerprint density at radius 3 is 2.78 bits per heavy atom. The monoisotopic (exact) mass is 317 g/mol. The lowest BCUT2D eigenvalue weighted by Crippen LogP contribution is -2.36. The molecule has 0 bridgehead atoms. The van der Waals surface area contributed by atoms with Crippen LogP contribution in [0.15, 0.2) is 23.0 Å². The van der Waals surface area contributed by atoms with Gasteiger partial charge in [-0.1, -0.05) is 6.07 Å². The smallest absolute Gasteiger partial charge is 0.410 e. The Hall–Kier alpha value is -2.24. The molecule has 23 heavy (non-hydrogen) atoms. The molecule has 0 saturated carbocycles.